The third-order valence-electron chi connectivity index (χ3n) is 3.26. The van der Waals surface area contributed by atoms with Gasteiger partial charge in [0.2, 0.25) is 0 Å². The molecule has 1 aromatic carbocycles. The van der Waals surface area contributed by atoms with Gasteiger partial charge in [0.15, 0.2) is 0 Å². The molecule has 1 aliphatic rings. The Labute approximate surface area is 121 Å². The number of carbonyl (C=O) groups is 2. The van der Waals surface area contributed by atoms with Crippen molar-refractivity contribution in [2.45, 2.75) is 6.42 Å². The molecule has 2 N–H and O–H groups in total. The summed E-state index contributed by atoms with van der Waals surface area (Å²) in [5.41, 5.74) is 0.523. The zero-order valence-corrected chi connectivity index (χ0v) is 11.4. The largest absolute Gasteiger partial charge is 0.491 e. The number of likely N-dealkylation sites (tertiary alicyclic amines) is 1. The van der Waals surface area contributed by atoms with Crippen LogP contribution in [0.2, 0.25) is 0 Å². The van der Waals surface area contributed by atoms with Crippen LogP contribution in [-0.2, 0) is 4.79 Å². The molecule has 6 nitrogen and oxygen atoms in total. The summed E-state index contributed by atoms with van der Waals surface area (Å²) in [7, 11) is 0. The quantitative estimate of drug-likeness (QED) is 0.870. The third kappa shape index (κ3) is 4.08. The summed E-state index contributed by atoms with van der Waals surface area (Å²) in [6, 6.07) is 6.29. The molecule has 114 valence electrons. The van der Waals surface area contributed by atoms with Gasteiger partial charge in [0.05, 0.1) is 5.92 Å². The Balaban J connectivity index is 1.92. The second-order valence-corrected chi connectivity index (χ2v) is 4.77. The Morgan fingerprint density at radius 3 is 2.95 bits per heavy atom. The van der Waals surface area contributed by atoms with Crippen LogP contribution < -0.4 is 10.1 Å². The van der Waals surface area contributed by atoms with Crippen LogP contribution in [0.5, 0.6) is 5.75 Å². The van der Waals surface area contributed by atoms with Gasteiger partial charge in [-0.05, 0) is 18.6 Å². The van der Waals surface area contributed by atoms with Gasteiger partial charge in [0, 0.05) is 24.8 Å². The van der Waals surface area contributed by atoms with E-state index in [0.29, 0.717) is 24.4 Å². The number of nitrogens with zero attached hydrogens (tertiary/aromatic N) is 1. The Bertz CT molecular complexity index is 523. The summed E-state index contributed by atoms with van der Waals surface area (Å²) < 4.78 is 17.2. The highest BCUT2D eigenvalue weighted by molar-refractivity contribution is 5.90. The highest BCUT2D eigenvalue weighted by Gasteiger charge is 2.30. The van der Waals surface area contributed by atoms with Crippen LogP contribution in [0.15, 0.2) is 24.3 Å². The number of urea groups is 1. The van der Waals surface area contributed by atoms with Crippen molar-refractivity contribution in [1.82, 2.24) is 4.90 Å². The van der Waals surface area contributed by atoms with E-state index >= 15 is 0 Å². The molecule has 0 radical (unpaired) electrons. The molecular weight excluding hydrogens is 279 g/mol. The first kappa shape index (κ1) is 15.1. The molecule has 1 aliphatic heterocycles. The number of carbonyl (C=O) groups excluding carboxylic acids is 1. The fourth-order valence-electron chi connectivity index (χ4n) is 2.17. The van der Waals surface area contributed by atoms with Crippen LogP contribution >= 0.6 is 0 Å². The maximum atomic E-state index is 12.0. The van der Waals surface area contributed by atoms with E-state index in [-0.39, 0.29) is 19.2 Å². The minimum atomic E-state index is -0.882. The number of halogens is 1. The first-order valence-corrected chi connectivity index (χ1v) is 6.67. The van der Waals surface area contributed by atoms with E-state index in [1.54, 1.807) is 24.3 Å². The molecule has 2 rings (SSSR count). The number of ether oxygens (including phenoxy) is 1. The van der Waals surface area contributed by atoms with E-state index in [9.17, 15) is 14.0 Å². The zero-order valence-electron chi connectivity index (χ0n) is 11.4. The number of carboxylic acids is 1. The van der Waals surface area contributed by atoms with Crippen LogP contribution in [-0.4, -0.2) is 48.4 Å². The first-order chi connectivity index (χ1) is 10.1. The summed E-state index contributed by atoms with van der Waals surface area (Å²) in [4.78, 5) is 24.4. The number of anilines is 1. The number of rotatable bonds is 5. The lowest BCUT2D eigenvalue weighted by Crippen LogP contribution is -2.33. The molecule has 7 heteroatoms. The summed E-state index contributed by atoms with van der Waals surface area (Å²) in [6.07, 6.45) is 0.461. The molecule has 1 fully saturated rings. The third-order valence-corrected chi connectivity index (χ3v) is 3.26. The Morgan fingerprint density at radius 1 is 1.48 bits per heavy atom. The molecule has 2 amide bonds. The number of aliphatic carboxylic acids is 1. The van der Waals surface area contributed by atoms with Crippen molar-refractivity contribution in [3.05, 3.63) is 24.3 Å². The smallest absolute Gasteiger partial charge is 0.321 e. The fraction of sp³-hybridized carbons (Fsp3) is 0.429. The highest BCUT2D eigenvalue weighted by atomic mass is 19.1. The monoisotopic (exact) mass is 296 g/mol. The second-order valence-electron chi connectivity index (χ2n) is 4.77. The van der Waals surface area contributed by atoms with Crippen molar-refractivity contribution in [2.75, 3.05) is 31.7 Å². The topological polar surface area (TPSA) is 78.9 Å². The molecule has 0 spiro atoms. The average Bonchev–Trinajstić information content (AvgIpc) is 2.95. The van der Waals surface area contributed by atoms with Gasteiger partial charge >= 0.3 is 12.0 Å². The van der Waals surface area contributed by atoms with Crippen LogP contribution in [0.25, 0.3) is 0 Å². The number of nitrogens with one attached hydrogen (secondary N) is 1. The number of hydrogen-bond donors (Lipinski definition) is 2. The van der Waals surface area contributed by atoms with Gasteiger partial charge in [-0.1, -0.05) is 6.07 Å². The second kappa shape index (κ2) is 6.92. The van der Waals surface area contributed by atoms with E-state index in [1.807, 2.05) is 0 Å². The van der Waals surface area contributed by atoms with Gasteiger partial charge in [-0.15, -0.1) is 0 Å². The molecule has 1 unspecified atom stereocenters. The Kier molecular flexibility index (Phi) is 4.97. The number of amides is 2. The average molecular weight is 296 g/mol. The van der Waals surface area contributed by atoms with Crippen molar-refractivity contribution < 1.29 is 23.8 Å². The maximum absolute atomic E-state index is 12.0. The SMILES string of the molecule is O=C(O)C1CCN(C(=O)Nc2cccc(OCCF)c2)C1. The lowest BCUT2D eigenvalue weighted by atomic mass is 10.1. The van der Waals surface area contributed by atoms with Crippen molar-refractivity contribution in [3.63, 3.8) is 0 Å². The van der Waals surface area contributed by atoms with E-state index in [2.05, 4.69) is 5.32 Å². The van der Waals surface area contributed by atoms with Crippen molar-refractivity contribution >= 4 is 17.7 Å². The minimum absolute atomic E-state index is 0.0379. The lowest BCUT2D eigenvalue weighted by Gasteiger charge is -2.17. The van der Waals surface area contributed by atoms with E-state index in [1.165, 1.54) is 4.90 Å². The first-order valence-electron chi connectivity index (χ1n) is 6.67. The van der Waals surface area contributed by atoms with Crippen molar-refractivity contribution in [2.24, 2.45) is 5.92 Å². The molecule has 0 saturated carbocycles. The molecule has 1 aromatic rings. The minimum Gasteiger partial charge on any atom is -0.491 e. The van der Waals surface area contributed by atoms with Gasteiger partial charge in [0.1, 0.15) is 19.0 Å². The Hall–Kier alpha value is -2.31. The molecule has 1 saturated heterocycles. The summed E-state index contributed by atoms with van der Waals surface area (Å²) in [5, 5.41) is 11.6. The predicted molar refractivity (Wildman–Crippen MR) is 74.2 cm³/mol. The van der Waals surface area contributed by atoms with Gasteiger partial charge < -0.3 is 20.1 Å². The van der Waals surface area contributed by atoms with Gasteiger partial charge in [-0.2, -0.15) is 0 Å². The molecular formula is C14H17FN2O4. The highest BCUT2D eigenvalue weighted by Crippen LogP contribution is 2.20. The van der Waals surface area contributed by atoms with Crippen molar-refractivity contribution in [3.8, 4) is 5.75 Å². The van der Waals surface area contributed by atoms with Gasteiger partial charge in [-0.3, -0.25) is 4.79 Å². The van der Waals surface area contributed by atoms with Crippen LogP contribution in [0.4, 0.5) is 14.9 Å². The van der Waals surface area contributed by atoms with E-state index in [0.717, 1.165) is 0 Å². The van der Waals surface area contributed by atoms with Crippen LogP contribution in [0.1, 0.15) is 6.42 Å². The molecule has 0 aromatic heterocycles. The fourth-order valence-corrected chi connectivity index (χ4v) is 2.17. The summed E-state index contributed by atoms with van der Waals surface area (Å²) in [6.45, 7) is 0.00477. The Morgan fingerprint density at radius 2 is 2.29 bits per heavy atom. The van der Waals surface area contributed by atoms with Crippen LogP contribution in [0.3, 0.4) is 0 Å². The maximum Gasteiger partial charge on any atom is 0.321 e. The normalized spacial score (nSPS) is 17.6. The number of alkyl halides is 1. The molecule has 21 heavy (non-hydrogen) atoms. The zero-order chi connectivity index (χ0) is 15.2. The van der Waals surface area contributed by atoms with Gasteiger partial charge in [0.25, 0.3) is 0 Å². The predicted octanol–water partition coefficient (Wildman–Crippen LogP) is 1.97. The molecule has 0 bridgehead atoms. The summed E-state index contributed by atoms with van der Waals surface area (Å²) >= 11 is 0. The number of benzene rings is 1. The standard InChI is InChI=1S/C14H17FN2O4/c15-5-7-21-12-3-1-2-11(8-12)16-14(20)17-6-4-10(9-17)13(18)19/h1-3,8,10H,4-7,9H2,(H,16,20)(H,18,19). The number of carboxylic acid groups (broad SMARTS) is 1. The molecule has 0 aliphatic carbocycles. The van der Waals surface area contributed by atoms with Gasteiger partial charge in [-0.25, -0.2) is 9.18 Å². The number of hydrogen-bond acceptors (Lipinski definition) is 3. The van der Waals surface area contributed by atoms with E-state index in [4.69, 9.17) is 9.84 Å². The molecule has 1 heterocycles. The van der Waals surface area contributed by atoms with Crippen molar-refractivity contribution in [1.29, 1.82) is 0 Å². The molecule has 1 atom stereocenters. The van der Waals surface area contributed by atoms with E-state index < -0.39 is 18.6 Å². The lowest BCUT2D eigenvalue weighted by molar-refractivity contribution is -0.141. The summed E-state index contributed by atoms with van der Waals surface area (Å²) in [5.74, 6) is -0.919. The van der Waals surface area contributed by atoms with Crippen LogP contribution in [0, 0.1) is 5.92 Å².